The standard InChI is InChI=1S/C29H28F2N4O3/c1-37-27-12-8-20-7-11-25(31)24(29(20)34-27)15-28(36)35-13-14-38-23(18-35)17-32-16-22-3-2-4-26(33-22)19-5-9-21(30)10-6-19/h2-12,23,32H,13-18H2,1H3. The maximum Gasteiger partial charge on any atom is 0.227 e. The smallest absolute Gasteiger partial charge is 0.227 e. The summed E-state index contributed by atoms with van der Waals surface area (Å²) in [7, 11) is 1.50. The van der Waals surface area contributed by atoms with E-state index < -0.39 is 5.82 Å². The summed E-state index contributed by atoms with van der Waals surface area (Å²) in [5.74, 6) is -0.561. The minimum Gasteiger partial charge on any atom is -0.481 e. The lowest BCUT2D eigenvalue weighted by atomic mass is 10.0. The highest BCUT2D eigenvalue weighted by molar-refractivity contribution is 5.88. The molecule has 9 heteroatoms. The molecule has 5 rings (SSSR count). The second-order valence-electron chi connectivity index (χ2n) is 9.11. The first-order valence-electron chi connectivity index (χ1n) is 12.4. The first kappa shape index (κ1) is 25.7. The van der Waals surface area contributed by atoms with Crippen LogP contribution in [-0.4, -0.2) is 60.2 Å². The quantitative estimate of drug-likeness (QED) is 0.378. The van der Waals surface area contributed by atoms with Gasteiger partial charge in [-0.05, 0) is 54.6 Å². The zero-order valence-electron chi connectivity index (χ0n) is 21.0. The van der Waals surface area contributed by atoms with Crippen LogP contribution in [0.4, 0.5) is 8.78 Å². The predicted octanol–water partition coefficient (Wildman–Crippen LogP) is 4.14. The molecular weight excluding hydrogens is 490 g/mol. The molecule has 1 N–H and O–H groups in total. The van der Waals surface area contributed by atoms with Gasteiger partial charge in [0, 0.05) is 48.8 Å². The molecule has 7 nitrogen and oxygen atoms in total. The molecule has 1 unspecified atom stereocenters. The summed E-state index contributed by atoms with van der Waals surface area (Å²) >= 11 is 0. The molecule has 0 saturated carbocycles. The Kier molecular flexibility index (Phi) is 7.86. The number of halogens is 2. The molecule has 1 fully saturated rings. The Bertz CT molecular complexity index is 1430. The molecule has 1 aliphatic rings. The van der Waals surface area contributed by atoms with Crippen LogP contribution in [0.15, 0.2) is 66.7 Å². The van der Waals surface area contributed by atoms with Gasteiger partial charge in [0.25, 0.3) is 0 Å². The average Bonchev–Trinajstić information content (AvgIpc) is 2.95. The monoisotopic (exact) mass is 518 g/mol. The van der Waals surface area contributed by atoms with Crippen molar-refractivity contribution in [1.29, 1.82) is 0 Å². The highest BCUT2D eigenvalue weighted by Crippen LogP contribution is 2.24. The number of benzene rings is 2. The SMILES string of the molecule is COc1ccc2ccc(F)c(CC(=O)N3CCOC(CNCc4cccc(-c5ccc(F)cc5)n4)C3)c2n1. The third-order valence-corrected chi connectivity index (χ3v) is 6.54. The van der Waals surface area contributed by atoms with Gasteiger partial charge < -0.3 is 19.7 Å². The van der Waals surface area contributed by atoms with E-state index in [4.69, 9.17) is 9.47 Å². The minimum absolute atomic E-state index is 0.0937. The van der Waals surface area contributed by atoms with Crippen molar-refractivity contribution in [3.8, 4) is 17.1 Å². The Morgan fingerprint density at radius 1 is 1.08 bits per heavy atom. The molecule has 1 atom stereocenters. The van der Waals surface area contributed by atoms with Crippen LogP contribution < -0.4 is 10.1 Å². The van der Waals surface area contributed by atoms with Crippen LogP contribution in [0.5, 0.6) is 5.88 Å². The van der Waals surface area contributed by atoms with E-state index >= 15 is 0 Å². The van der Waals surface area contributed by atoms with Gasteiger partial charge in [-0.25, -0.2) is 13.8 Å². The summed E-state index contributed by atoms with van der Waals surface area (Å²) in [4.78, 5) is 23.9. The maximum absolute atomic E-state index is 14.7. The number of fused-ring (bicyclic) bond motifs is 1. The Morgan fingerprint density at radius 2 is 1.89 bits per heavy atom. The molecule has 1 amide bonds. The first-order chi connectivity index (χ1) is 18.5. The molecule has 196 valence electrons. The van der Waals surface area contributed by atoms with Gasteiger partial charge in [-0.1, -0.05) is 6.07 Å². The molecule has 1 saturated heterocycles. The van der Waals surface area contributed by atoms with Crippen LogP contribution in [0.25, 0.3) is 22.2 Å². The lowest BCUT2D eigenvalue weighted by Crippen LogP contribution is -2.49. The molecule has 4 aromatic rings. The van der Waals surface area contributed by atoms with Gasteiger partial charge in [-0.3, -0.25) is 9.78 Å². The number of ether oxygens (including phenoxy) is 2. The van der Waals surface area contributed by atoms with Crippen LogP contribution in [0.3, 0.4) is 0 Å². The number of hydrogen-bond acceptors (Lipinski definition) is 6. The van der Waals surface area contributed by atoms with Crippen LogP contribution in [0, 0.1) is 11.6 Å². The largest absolute Gasteiger partial charge is 0.481 e. The number of nitrogens with zero attached hydrogens (tertiary/aromatic N) is 3. The van der Waals surface area contributed by atoms with E-state index in [1.165, 1.54) is 25.3 Å². The fraction of sp³-hybridized carbons (Fsp3) is 0.276. The van der Waals surface area contributed by atoms with Crippen molar-refractivity contribution >= 4 is 16.8 Å². The number of aromatic nitrogens is 2. The van der Waals surface area contributed by atoms with Crippen molar-refractivity contribution in [3.63, 3.8) is 0 Å². The molecule has 0 spiro atoms. The van der Waals surface area contributed by atoms with Crippen molar-refractivity contribution in [3.05, 3.63) is 89.6 Å². The predicted molar refractivity (Wildman–Crippen MR) is 140 cm³/mol. The number of morpholine rings is 1. The topological polar surface area (TPSA) is 76.6 Å². The van der Waals surface area contributed by atoms with Gasteiger partial charge in [0.15, 0.2) is 0 Å². The number of carbonyl (C=O) groups is 1. The Morgan fingerprint density at radius 3 is 2.71 bits per heavy atom. The molecule has 3 heterocycles. The van der Waals surface area contributed by atoms with E-state index in [0.29, 0.717) is 44.2 Å². The molecular formula is C29H28F2N4O3. The van der Waals surface area contributed by atoms with Gasteiger partial charge in [0.1, 0.15) is 11.6 Å². The van der Waals surface area contributed by atoms with Crippen molar-refractivity contribution < 1.29 is 23.0 Å². The number of amides is 1. The second-order valence-corrected chi connectivity index (χ2v) is 9.11. The summed E-state index contributed by atoms with van der Waals surface area (Å²) in [6.07, 6.45) is -0.299. The lowest BCUT2D eigenvalue weighted by Gasteiger charge is -2.33. The fourth-order valence-corrected chi connectivity index (χ4v) is 4.54. The van der Waals surface area contributed by atoms with Crippen LogP contribution >= 0.6 is 0 Å². The summed E-state index contributed by atoms with van der Waals surface area (Å²) in [5, 5.41) is 4.09. The van der Waals surface area contributed by atoms with Gasteiger partial charge in [0.05, 0.1) is 43.1 Å². The zero-order chi connectivity index (χ0) is 26.5. The fourth-order valence-electron chi connectivity index (χ4n) is 4.54. The number of rotatable bonds is 8. The number of hydrogen-bond donors (Lipinski definition) is 1. The van der Waals surface area contributed by atoms with Gasteiger partial charge in [0.2, 0.25) is 11.8 Å². The molecule has 1 aliphatic heterocycles. The highest BCUT2D eigenvalue weighted by atomic mass is 19.1. The van der Waals surface area contributed by atoms with Crippen molar-refractivity contribution in [1.82, 2.24) is 20.2 Å². The zero-order valence-corrected chi connectivity index (χ0v) is 21.0. The summed E-state index contributed by atoms with van der Waals surface area (Å²) in [6, 6.07) is 18.5. The van der Waals surface area contributed by atoms with Crippen LogP contribution in [-0.2, 0) is 22.5 Å². The molecule has 2 aromatic carbocycles. The lowest BCUT2D eigenvalue weighted by molar-refractivity contribution is -0.137. The molecule has 38 heavy (non-hydrogen) atoms. The van der Waals surface area contributed by atoms with E-state index in [2.05, 4.69) is 15.3 Å². The molecule has 0 bridgehead atoms. The van der Waals surface area contributed by atoms with Crippen LogP contribution in [0.1, 0.15) is 11.3 Å². The Balaban J connectivity index is 1.18. The van der Waals surface area contributed by atoms with Crippen LogP contribution in [0.2, 0.25) is 0 Å². The van der Waals surface area contributed by atoms with E-state index in [1.54, 1.807) is 35.2 Å². The Labute approximate surface area is 219 Å². The third-order valence-electron chi connectivity index (χ3n) is 6.54. The minimum atomic E-state index is -0.464. The van der Waals surface area contributed by atoms with Gasteiger partial charge in [-0.2, -0.15) is 0 Å². The third kappa shape index (κ3) is 5.95. The van der Waals surface area contributed by atoms with E-state index in [9.17, 15) is 13.6 Å². The maximum atomic E-state index is 14.7. The van der Waals surface area contributed by atoms with Crippen molar-refractivity contribution in [2.75, 3.05) is 33.4 Å². The number of methoxy groups -OCH3 is 1. The molecule has 2 aromatic heterocycles. The molecule has 0 radical (unpaired) electrons. The number of nitrogens with one attached hydrogen (secondary N) is 1. The average molecular weight is 519 g/mol. The Hall–Kier alpha value is -3.95. The van der Waals surface area contributed by atoms with Crippen molar-refractivity contribution in [2.24, 2.45) is 0 Å². The summed E-state index contributed by atoms with van der Waals surface area (Å²) in [6.45, 7) is 2.28. The van der Waals surface area contributed by atoms with Crippen molar-refractivity contribution in [2.45, 2.75) is 19.1 Å². The summed E-state index contributed by atoms with van der Waals surface area (Å²) in [5.41, 5.74) is 3.14. The molecule has 0 aliphatic carbocycles. The van der Waals surface area contributed by atoms with Gasteiger partial charge in [-0.15, -0.1) is 0 Å². The first-order valence-corrected chi connectivity index (χ1v) is 12.4. The highest BCUT2D eigenvalue weighted by Gasteiger charge is 2.25. The van der Waals surface area contributed by atoms with E-state index in [0.717, 1.165) is 22.3 Å². The number of pyridine rings is 2. The van der Waals surface area contributed by atoms with E-state index in [1.807, 2.05) is 18.2 Å². The summed E-state index contributed by atoms with van der Waals surface area (Å²) < 4.78 is 39.0. The van der Waals surface area contributed by atoms with Gasteiger partial charge >= 0.3 is 0 Å². The number of carbonyl (C=O) groups excluding carboxylic acids is 1. The normalized spacial score (nSPS) is 15.6. The second kappa shape index (κ2) is 11.6. The van der Waals surface area contributed by atoms with E-state index in [-0.39, 0.29) is 29.8 Å².